The SMILES string of the molecule is CCOC(=O)c1c(NC(=O)CN(C)Cc2cccc(OC)c2)oc(C)c1C(C)=O. The average Bonchev–Trinajstić information content (AvgIpc) is 2.97. The standard InChI is InChI=1S/C21H26N2O6/c1-6-28-21(26)19-18(13(2)24)14(3)29-20(19)22-17(25)12-23(4)11-15-8-7-9-16(10-15)27-5/h7-10H,6,11-12H2,1-5H3,(H,22,25). The van der Waals surface area contributed by atoms with E-state index in [1.807, 2.05) is 24.3 Å². The Balaban J connectivity index is 2.12. The van der Waals surface area contributed by atoms with Crippen molar-refractivity contribution in [2.75, 3.05) is 32.6 Å². The number of aryl methyl sites for hydroxylation is 1. The zero-order chi connectivity index (χ0) is 21.6. The van der Waals surface area contributed by atoms with E-state index in [2.05, 4.69) is 5.32 Å². The van der Waals surface area contributed by atoms with Crippen LogP contribution in [0.2, 0.25) is 0 Å². The minimum Gasteiger partial charge on any atom is -0.497 e. The Kier molecular flexibility index (Phi) is 7.55. The summed E-state index contributed by atoms with van der Waals surface area (Å²) in [6.07, 6.45) is 0. The molecular weight excluding hydrogens is 376 g/mol. The number of nitrogens with one attached hydrogen (secondary N) is 1. The van der Waals surface area contributed by atoms with Gasteiger partial charge in [0, 0.05) is 6.54 Å². The molecule has 2 rings (SSSR count). The summed E-state index contributed by atoms with van der Waals surface area (Å²) in [6, 6.07) is 7.55. The first-order valence-electron chi connectivity index (χ1n) is 9.19. The molecule has 156 valence electrons. The van der Waals surface area contributed by atoms with Gasteiger partial charge in [-0.2, -0.15) is 0 Å². The quantitative estimate of drug-likeness (QED) is 0.508. The van der Waals surface area contributed by atoms with E-state index >= 15 is 0 Å². The van der Waals surface area contributed by atoms with Gasteiger partial charge < -0.3 is 13.9 Å². The van der Waals surface area contributed by atoms with E-state index in [-0.39, 0.29) is 47.6 Å². The molecule has 0 saturated carbocycles. The maximum atomic E-state index is 12.5. The molecule has 0 fully saturated rings. The second kappa shape index (κ2) is 9.88. The summed E-state index contributed by atoms with van der Waals surface area (Å²) < 4.78 is 15.7. The number of anilines is 1. The molecule has 8 nitrogen and oxygen atoms in total. The lowest BCUT2D eigenvalue weighted by Gasteiger charge is -2.16. The van der Waals surface area contributed by atoms with Crippen LogP contribution >= 0.6 is 0 Å². The molecule has 0 bridgehead atoms. The highest BCUT2D eigenvalue weighted by Crippen LogP contribution is 2.28. The summed E-state index contributed by atoms with van der Waals surface area (Å²) in [6.45, 7) is 5.25. The third kappa shape index (κ3) is 5.68. The predicted molar refractivity (Wildman–Crippen MR) is 107 cm³/mol. The van der Waals surface area contributed by atoms with E-state index < -0.39 is 5.97 Å². The minimum absolute atomic E-state index is 0.0502. The number of nitrogens with zero attached hydrogens (tertiary/aromatic N) is 1. The monoisotopic (exact) mass is 402 g/mol. The summed E-state index contributed by atoms with van der Waals surface area (Å²) in [7, 11) is 3.39. The van der Waals surface area contributed by atoms with Crippen LogP contribution in [0, 0.1) is 6.92 Å². The van der Waals surface area contributed by atoms with Crippen LogP contribution in [0.1, 0.15) is 45.9 Å². The number of ether oxygens (including phenoxy) is 2. The summed E-state index contributed by atoms with van der Waals surface area (Å²) in [5.74, 6) is -0.530. The Morgan fingerprint density at radius 1 is 1.21 bits per heavy atom. The van der Waals surface area contributed by atoms with Gasteiger partial charge in [-0.1, -0.05) is 12.1 Å². The van der Waals surface area contributed by atoms with Gasteiger partial charge in [0.1, 0.15) is 17.1 Å². The van der Waals surface area contributed by atoms with Crippen molar-refractivity contribution < 1.29 is 28.3 Å². The molecule has 0 spiro atoms. The molecule has 1 N–H and O–H groups in total. The number of carbonyl (C=O) groups is 3. The smallest absolute Gasteiger partial charge is 0.344 e. The van der Waals surface area contributed by atoms with Crippen LogP contribution in [0.4, 0.5) is 5.88 Å². The molecule has 0 aliphatic carbocycles. The van der Waals surface area contributed by atoms with Crippen molar-refractivity contribution in [1.29, 1.82) is 0 Å². The van der Waals surface area contributed by atoms with Gasteiger partial charge in [-0.15, -0.1) is 0 Å². The molecule has 0 saturated heterocycles. The van der Waals surface area contributed by atoms with Gasteiger partial charge in [0.2, 0.25) is 11.8 Å². The number of carbonyl (C=O) groups excluding carboxylic acids is 3. The number of hydrogen-bond donors (Lipinski definition) is 1. The van der Waals surface area contributed by atoms with E-state index in [4.69, 9.17) is 13.9 Å². The molecule has 2 aromatic rings. The molecule has 0 atom stereocenters. The third-order valence-corrected chi connectivity index (χ3v) is 4.17. The van der Waals surface area contributed by atoms with Gasteiger partial charge in [0.15, 0.2) is 5.78 Å². The van der Waals surface area contributed by atoms with E-state index in [0.717, 1.165) is 11.3 Å². The summed E-state index contributed by atoms with van der Waals surface area (Å²) >= 11 is 0. The van der Waals surface area contributed by atoms with Crippen molar-refractivity contribution in [2.24, 2.45) is 0 Å². The second-order valence-corrected chi connectivity index (χ2v) is 6.59. The van der Waals surface area contributed by atoms with Crippen molar-refractivity contribution in [3.05, 3.63) is 46.7 Å². The summed E-state index contributed by atoms with van der Waals surface area (Å²) in [5, 5.41) is 2.58. The fourth-order valence-corrected chi connectivity index (χ4v) is 3.00. The van der Waals surface area contributed by atoms with Crippen molar-refractivity contribution in [3.8, 4) is 5.75 Å². The molecule has 1 aromatic heterocycles. The molecule has 1 aromatic carbocycles. The molecule has 0 radical (unpaired) electrons. The number of methoxy groups -OCH3 is 1. The fourth-order valence-electron chi connectivity index (χ4n) is 3.00. The highest BCUT2D eigenvalue weighted by atomic mass is 16.5. The number of hydrogen-bond acceptors (Lipinski definition) is 7. The molecule has 1 heterocycles. The fraction of sp³-hybridized carbons (Fsp3) is 0.381. The zero-order valence-electron chi connectivity index (χ0n) is 17.3. The molecule has 1 amide bonds. The van der Waals surface area contributed by atoms with E-state index in [9.17, 15) is 14.4 Å². The first-order chi connectivity index (χ1) is 13.8. The first-order valence-corrected chi connectivity index (χ1v) is 9.19. The molecule has 8 heteroatoms. The van der Waals surface area contributed by atoms with Gasteiger partial charge >= 0.3 is 5.97 Å². The van der Waals surface area contributed by atoms with Crippen molar-refractivity contribution in [1.82, 2.24) is 4.90 Å². The predicted octanol–water partition coefficient (Wildman–Crippen LogP) is 3.05. The number of rotatable bonds is 9. The molecule has 0 unspecified atom stereocenters. The van der Waals surface area contributed by atoms with Gasteiger partial charge in [-0.3, -0.25) is 19.8 Å². The van der Waals surface area contributed by atoms with Gasteiger partial charge in [0.25, 0.3) is 0 Å². The van der Waals surface area contributed by atoms with Gasteiger partial charge in [0.05, 0.1) is 25.8 Å². The number of esters is 1. The van der Waals surface area contributed by atoms with E-state index in [0.29, 0.717) is 6.54 Å². The number of amides is 1. The normalized spacial score (nSPS) is 10.7. The van der Waals surface area contributed by atoms with Crippen LogP contribution in [0.25, 0.3) is 0 Å². The Morgan fingerprint density at radius 2 is 1.93 bits per heavy atom. The first kappa shape index (κ1) is 22.2. The highest BCUT2D eigenvalue weighted by molar-refractivity contribution is 6.10. The van der Waals surface area contributed by atoms with E-state index in [1.165, 1.54) is 6.92 Å². The Labute approximate surface area is 169 Å². The van der Waals surface area contributed by atoms with Gasteiger partial charge in [-0.25, -0.2) is 4.79 Å². The van der Waals surface area contributed by atoms with Crippen LogP contribution in [0.5, 0.6) is 5.75 Å². The average molecular weight is 402 g/mol. The maximum absolute atomic E-state index is 12.5. The maximum Gasteiger partial charge on any atom is 0.344 e. The summed E-state index contributed by atoms with van der Waals surface area (Å²) in [5.41, 5.74) is 1.05. The van der Waals surface area contributed by atoms with Crippen molar-refractivity contribution >= 4 is 23.5 Å². The topological polar surface area (TPSA) is 98.1 Å². The highest BCUT2D eigenvalue weighted by Gasteiger charge is 2.28. The molecule has 29 heavy (non-hydrogen) atoms. The largest absolute Gasteiger partial charge is 0.497 e. The molecule has 0 aliphatic rings. The second-order valence-electron chi connectivity index (χ2n) is 6.59. The van der Waals surface area contributed by atoms with Crippen LogP contribution in [0.3, 0.4) is 0 Å². The van der Waals surface area contributed by atoms with Crippen LogP contribution in [-0.2, 0) is 16.1 Å². The van der Waals surface area contributed by atoms with E-state index in [1.54, 1.807) is 32.9 Å². The lowest BCUT2D eigenvalue weighted by molar-refractivity contribution is -0.117. The van der Waals surface area contributed by atoms with Crippen LogP contribution < -0.4 is 10.1 Å². The number of ketones is 1. The minimum atomic E-state index is -0.713. The molecule has 0 aliphatic heterocycles. The lowest BCUT2D eigenvalue weighted by atomic mass is 10.1. The Bertz CT molecular complexity index is 903. The Hall–Kier alpha value is -3.13. The zero-order valence-corrected chi connectivity index (χ0v) is 17.3. The Morgan fingerprint density at radius 3 is 2.55 bits per heavy atom. The number of benzene rings is 1. The summed E-state index contributed by atoms with van der Waals surface area (Å²) in [4.78, 5) is 38.5. The number of furan rings is 1. The van der Waals surface area contributed by atoms with Crippen LogP contribution in [0.15, 0.2) is 28.7 Å². The molecular formula is C21H26N2O6. The number of Topliss-reactive ketones (excluding diaryl/α,β-unsaturated/α-hetero) is 1. The van der Waals surface area contributed by atoms with Crippen molar-refractivity contribution in [3.63, 3.8) is 0 Å². The van der Waals surface area contributed by atoms with Crippen molar-refractivity contribution in [2.45, 2.75) is 27.3 Å². The third-order valence-electron chi connectivity index (χ3n) is 4.17. The van der Waals surface area contributed by atoms with Gasteiger partial charge in [-0.05, 0) is 45.5 Å². The number of likely N-dealkylation sites (N-methyl/N-ethyl adjacent to an activating group) is 1. The van der Waals surface area contributed by atoms with Crippen LogP contribution in [-0.4, -0.2) is 49.9 Å². The lowest BCUT2D eigenvalue weighted by Crippen LogP contribution is -2.30.